The molecule has 1 aromatic rings. The van der Waals surface area contributed by atoms with E-state index in [2.05, 4.69) is 0 Å². The number of methoxy groups -OCH3 is 1. The van der Waals surface area contributed by atoms with Crippen molar-refractivity contribution in [1.82, 2.24) is 0 Å². The minimum absolute atomic E-state index is 0.0311. The summed E-state index contributed by atoms with van der Waals surface area (Å²) in [6, 6.07) is 4.40. The summed E-state index contributed by atoms with van der Waals surface area (Å²) in [4.78, 5) is 11.5. The van der Waals surface area contributed by atoms with E-state index in [1.165, 1.54) is 19.2 Å². The molecule has 1 rings (SSSR count). The molecule has 0 spiro atoms. The first-order valence-electron chi connectivity index (χ1n) is 4.84. The number of ether oxygens (including phenoxy) is 2. The fourth-order valence-electron chi connectivity index (χ4n) is 1.21. The van der Waals surface area contributed by atoms with Gasteiger partial charge in [0.25, 0.3) is 0 Å². The van der Waals surface area contributed by atoms with Gasteiger partial charge in [-0.05, 0) is 12.1 Å². The van der Waals surface area contributed by atoms with Gasteiger partial charge in [-0.25, -0.2) is 4.39 Å². The summed E-state index contributed by atoms with van der Waals surface area (Å²) >= 11 is 0. The molecule has 0 aliphatic rings. The van der Waals surface area contributed by atoms with Crippen LogP contribution in [0, 0.1) is 5.82 Å². The standard InChI is InChI=1S/C11H14FNO3/c1-15-10-4-2-3-8(11(10)12)9(14)7-16-6-5-13/h2-4H,5-7,13H2,1H3. The second kappa shape index (κ2) is 6.19. The van der Waals surface area contributed by atoms with Gasteiger partial charge >= 0.3 is 0 Å². The lowest BCUT2D eigenvalue weighted by Gasteiger charge is -2.06. The molecule has 5 heteroatoms. The van der Waals surface area contributed by atoms with Gasteiger partial charge in [0.05, 0.1) is 19.3 Å². The zero-order valence-electron chi connectivity index (χ0n) is 9.03. The van der Waals surface area contributed by atoms with Crippen LogP contribution < -0.4 is 10.5 Å². The van der Waals surface area contributed by atoms with E-state index in [1.54, 1.807) is 6.07 Å². The van der Waals surface area contributed by atoms with E-state index in [1.807, 2.05) is 0 Å². The third-order valence-electron chi connectivity index (χ3n) is 1.98. The minimum Gasteiger partial charge on any atom is -0.494 e. The van der Waals surface area contributed by atoms with Crippen molar-refractivity contribution in [2.45, 2.75) is 0 Å². The number of nitrogens with two attached hydrogens (primary N) is 1. The van der Waals surface area contributed by atoms with E-state index >= 15 is 0 Å². The molecule has 2 N–H and O–H groups in total. The van der Waals surface area contributed by atoms with Crippen molar-refractivity contribution in [2.24, 2.45) is 5.73 Å². The predicted molar refractivity (Wildman–Crippen MR) is 57.2 cm³/mol. The number of ketones is 1. The highest BCUT2D eigenvalue weighted by Crippen LogP contribution is 2.20. The van der Waals surface area contributed by atoms with Gasteiger partial charge in [0, 0.05) is 6.54 Å². The number of hydrogen-bond donors (Lipinski definition) is 1. The molecule has 0 bridgehead atoms. The maximum absolute atomic E-state index is 13.6. The molecule has 0 aliphatic heterocycles. The van der Waals surface area contributed by atoms with Crippen molar-refractivity contribution < 1.29 is 18.7 Å². The summed E-state index contributed by atoms with van der Waals surface area (Å²) in [6.45, 7) is 0.423. The zero-order chi connectivity index (χ0) is 12.0. The number of rotatable bonds is 6. The van der Waals surface area contributed by atoms with Crippen LogP contribution in [0.2, 0.25) is 0 Å². The quantitative estimate of drug-likeness (QED) is 0.581. The van der Waals surface area contributed by atoms with Gasteiger partial charge in [-0.15, -0.1) is 0 Å². The minimum atomic E-state index is -0.661. The highest BCUT2D eigenvalue weighted by Gasteiger charge is 2.15. The number of carbonyl (C=O) groups excluding carboxylic acids is 1. The molecule has 0 saturated carbocycles. The lowest BCUT2D eigenvalue weighted by molar-refractivity contribution is 0.0769. The van der Waals surface area contributed by atoms with E-state index < -0.39 is 11.6 Å². The number of halogens is 1. The van der Waals surface area contributed by atoms with Crippen LogP contribution in [0.5, 0.6) is 5.75 Å². The van der Waals surface area contributed by atoms with Crippen molar-refractivity contribution >= 4 is 5.78 Å². The van der Waals surface area contributed by atoms with Gasteiger partial charge in [0.2, 0.25) is 0 Å². The average molecular weight is 227 g/mol. The smallest absolute Gasteiger partial charge is 0.191 e. The van der Waals surface area contributed by atoms with E-state index in [0.29, 0.717) is 6.54 Å². The molecule has 88 valence electrons. The topological polar surface area (TPSA) is 61.5 Å². The van der Waals surface area contributed by atoms with Crippen LogP contribution in [0.3, 0.4) is 0 Å². The fourth-order valence-corrected chi connectivity index (χ4v) is 1.21. The largest absolute Gasteiger partial charge is 0.494 e. The maximum atomic E-state index is 13.6. The predicted octanol–water partition coefficient (Wildman–Crippen LogP) is 0.992. The monoisotopic (exact) mass is 227 g/mol. The van der Waals surface area contributed by atoms with Crippen LogP contribution in [0.25, 0.3) is 0 Å². The Bertz CT molecular complexity index is 368. The third kappa shape index (κ3) is 3.01. The molecular weight excluding hydrogens is 213 g/mol. The van der Waals surface area contributed by atoms with Gasteiger partial charge in [0.1, 0.15) is 6.61 Å². The second-order valence-corrected chi connectivity index (χ2v) is 3.09. The Morgan fingerprint density at radius 2 is 2.25 bits per heavy atom. The molecule has 0 fully saturated rings. The number of carbonyl (C=O) groups is 1. The normalized spacial score (nSPS) is 10.2. The Labute approximate surface area is 93.2 Å². The van der Waals surface area contributed by atoms with E-state index in [4.69, 9.17) is 15.2 Å². The van der Waals surface area contributed by atoms with Gasteiger partial charge < -0.3 is 15.2 Å². The molecule has 0 aromatic heterocycles. The molecule has 16 heavy (non-hydrogen) atoms. The Kier molecular flexibility index (Phi) is 4.88. The summed E-state index contributed by atoms with van der Waals surface area (Å²) < 4.78 is 23.3. The molecule has 0 heterocycles. The summed E-state index contributed by atoms with van der Waals surface area (Å²) in [6.07, 6.45) is 0. The molecule has 4 nitrogen and oxygen atoms in total. The lowest BCUT2D eigenvalue weighted by Crippen LogP contribution is -2.15. The summed E-state index contributed by atoms with van der Waals surface area (Å²) in [5.41, 5.74) is 5.17. The van der Waals surface area contributed by atoms with E-state index in [-0.39, 0.29) is 24.5 Å². The Hall–Kier alpha value is -1.46. The van der Waals surface area contributed by atoms with Crippen molar-refractivity contribution in [1.29, 1.82) is 0 Å². The van der Waals surface area contributed by atoms with Crippen molar-refractivity contribution in [3.8, 4) is 5.75 Å². The highest BCUT2D eigenvalue weighted by atomic mass is 19.1. The van der Waals surface area contributed by atoms with Gasteiger partial charge in [-0.1, -0.05) is 6.07 Å². The highest BCUT2D eigenvalue weighted by molar-refractivity contribution is 5.97. The van der Waals surface area contributed by atoms with Gasteiger partial charge in [-0.2, -0.15) is 0 Å². The van der Waals surface area contributed by atoms with Gasteiger partial charge in [-0.3, -0.25) is 4.79 Å². The number of benzene rings is 1. The summed E-state index contributed by atoms with van der Waals surface area (Å²) in [7, 11) is 1.34. The molecule has 0 aliphatic carbocycles. The first kappa shape index (κ1) is 12.6. The third-order valence-corrected chi connectivity index (χ3v) is 1.98. The van der Waals surface area contributed by atoms with Crippen LogP contribution in [0.1, 0.15) is 10.4 Å². The van der Waals surface area contributed by atoms with Crippen molar-refractivity contribution in [3.63, 3.8) is 0 Å². The Morgan fingerprint density at radius 1 is 1.50 bits per heavy atom. The molecule has 0 unspecified atom stereocenters. The SMILES string of the molecule is COc1cccc(C(=O)COCCN)c1F. The second-order valence-electron chi connectivity index (χ2n) is 3.09. The Morgan fingerprint density at radius 3 is 2.88 bits per heavy atom. The lowest BCUT2D eigenvalue weighted by atomic mass is 10.1. The van der Waals surface area contributed by atoms with Crippen LogP contribution in [0.15, 0.2) is 18.2 Å². The van der Waals surface area contributed by atoms with Crippen molar-refractivity contribution in [3.05, 3.63) is 29.6 Å². The zero-order valence-corrected chi connectivity index (χ0v) is 9.03. The number of Topliss-reactive ketones (excluding diaryl/α,β-unsaturated/α-hetero) is 1. The van der Waals surface area contributed by atoms with Crippen molar-refractivity contribution in [2.75, 3.05) is 26.9 Å². The molecule has 1 aromatic carbocycles. The van der Waals surface area contributed by atoms with E-state index in [0.717, 1.165) is 0 Å². The molecular formula is C11H14FNO3. The van der Waals surface area contributed by atoms with Crippen LogP contribution in [-0.4, -0.2) is 32.7 Å². The van der Waals surface area contributed by atoms with Crippen LogP contribution >= 0.6 is 0 Å². The Balaban J connectivity index is 2.75. The molecule has 0 amide bonds. The number of hydrogen-bond acceptors (Lipinski definition) is 4. The summed E-state index contributed by atoms with van der Waals surface area (Å²) in [5, 5.41) is 0. The molecule has 0 radical (unpaired) electrons. The average Bonchev–Trinajstić information content (AvgIpc) is 2.29. The first-order chi connectivity index (χ1) is 7.70. The molecule has 0 atom stereocenters. The van der Waals surface area contributed by atoms with E-state index in [9.17, 15) is 9.18 Å². The van der Waals surface area contributed by atoms with Gasteiger partial charge in [0.15, 0.2) is 17.3 Å². The molecule has 0 saturated heterocycles. The van der Waals surface area contributed by atoms with Crippen LogP contribution in [0.4, 0.5) is 4.39 Å². The van der Waals surface area contributed by atoms with Crippen LogP contribution in [-0.2, 0) is 4.74 Å². The fraction of sp³-hybridized carbons (Fsp3) is 0.364. The first-order valence-corrected chi connectivity index (χ1v) is 4.84. The maximum Gasteiger partial charge on any atom is 0.191 e. The summed E-state index contributed by atoms with van der Waals surface area (Å²) in [5.74, 6) is -1.04.